The van der Waals surface area contributed by atoms with Gasteiger partial charge in [-0.15, -0.1) is 11.3 Å². The number of anilines is 2. The number of hydrogen-bond donors (Lipinski definition) is 1. The van der Waals surface area contributed by atoms with E-state index in [1.807, 2.05) is 35.7 Å². The summed E-state index contributed by atoms with van der Waals surface area (Å²) in [4.78, 5) is 35.2. The van der Waals surface area contributed by atoms with Gasteiger partial charge in [0, 0.05) is 41.7 Å². The Morgan fingerprint density at radius 2 is 1.82 bits per heavy atom. The van der Waals surface area contributed by atoms with Crippen LogP contribution in [0.5, 0.6) is 0 Å². The molecular formula is C26H26N4O2S. The van der Waals surface area contributed by atoms with Crippen molar-refractivity contribution < 1.29 is 9.59 Å². The van der Waals surface area contributed by atoms with E-state index in [2.05, 4.69) is 34.3 Å². The quantitative estimate of drug-likeness (QED) is 0.539. The van der Waals surface area contributed by atoms with Crippen LogP contribution >= 0.6 is 11.3 Å². The van der Waals surface area contributed by atoms with E-state index < -0.39 is 0 Å². The van der Waals surface area contributed by atoms with Crippen molar-refractivity contribution in [1.82, 2.24) is 9.88 Å². The largest absolute Gasteiger partial charge is 0.372 e. The van der Waals surface area contributed by atoms with E-state index in [-0.39, 0.29) is 18.4 Å². The molecule has 0 atom stereocenters. The second-order valence-electron chi connectivity index (χ2n) is 8.63. The Kier molecular flexibility index (Phi) is 5.96. The molecule has 6 nitrogen and oxygen atoms in total. The van der Waals surface area contributed by atoms with E-state index >= 15 is 0 Å². The smallest absolute Gasteiger partial charge is 0.278 e. The number of benzene rings is 1. The number of carbonyl (C=O) groups excluding carboxylic acids is 2. The first-order valence-corrected chi connectivity index (χ1v) is 12.1. The lowest BCUT2D eigenvalue weighted by Gasteiger charge is -2.32. The lowest BCUT2D eigenvalue weighted by molar-refractivity contribution is -0.137. The van der Waals surface area contributed by atoms with Gasteiger partial charge in [-0.1, -0.05) is 19.1 Å². The number of amides is 2. The van der Waals surface area contributed by atoms with Gasteiger partial charge in [0.15, 0.2) is 0 Å². The SMILES string of the molecule is CC1CCN(c2ccc(NC3=C(c4cccs4)C(=O)N(Cc4cccnc4)C3=O)cc2)CC1. The maximum absolute atomic E-state index is 13.3. The summed E-state index contributed by atoms with van der Waals surface area (Å²) < 4.78 is 0. The molecule has 3 aromatic rings. The average Bonchev–Trinajstić information content (AvgIpc) is 3.44. The lowest BCUT2D eigenvalue weighted by Crippen LogP contribution is -2.32. The van der Waals surface area contributed by atoms with Crippen molar-refractivity contribution in [3.8, 4) is 0 Å². The fraction of sp³-hybridized carbons (Fsp3) is 0.269. The zero-order chi connectivity index (χ0) is 22.8. The molecule has 4 heterocycles. The molecule has 0 bridgehead atoms. The van der Waals surface area contributed by atoms with Crippen molar-refractivity contribution in [3.05, 3.63) is 82.4 Å². The van der Waals surface area contributed by atoms with Gasteiger partial charge in [0.25, 0.3) is 11.8 Å². The Bertz CT molecular complexity index is 1160. The molecule has 168 valence electrons. The molecule has 0 unspecified atom stereocenters. The average molecular weight is 459 g/mol. The molecule has 7 heteroatoms. The highest BCUT2D eigenvalue weighted by Gasteiger charge is 2.39. The molecule has 0 aliphatic carbocycles. The summed E-state index contributed by atoms with van der Waals surface area (Å²) in [6.45, 7) is 4.63. The van der Waals surface area contributed by atoms with E-state index in [0.29, 0.717) is 11.3 Å². The summed E-state index contributed by atoms with van der Waals surface area (Å²) in [5.41, 5.74) is 3.54. The Morgan fingerprint density at radius 1 is 1.03 bits per heavy atom. The molecule has 2 amide bonds. The Balaban J connectivity index is 1.39. The number of pyridine rings is 1. The number of thiophene rings is 1. The summed E-state index contributed by atoms with van der Waals surface area (Å²) in [5, 5.41) is 5.16. The standard InChI is InChI=1S/C26H26N4O2S/c1-18-10-13-29(14-11-18)21-8-6-20(7-9-21)28-24-23(22-5-3-15-33-22)25(31)30(26(24)32)17-19-4-2-12-27-16-19/h2-9,12,15-16,18,28H,10-11,13-14,17H2,1H3. The van der Waals surface area contributed by atoms with Crippen molar-refractivity contribution in [2.45, 2.75) is 26.3 Å². The van der Waals surface area contributed by atoms with Gasteiger partial charge in [0.1, 0.15) is 5.70 Å². The van der Waals surface area contributed by atoms with E-state index in [1.165, 1.54) is 34.8 Å². The highest BCUT2D eigenvalue weighted by molar-refractivity contribution is 7.11. The topological polar surface area (TPSA) is 65.5 Å². The number of aromatic nitrogens is 1. The summed E-state index contributed by atoms with van der Waals surface area (Å²) in [5.74, 6) is 0.180. The van der Waals surface area contributed by atoms with Crippen LogP contribution in [-0.2, 0) is 16.1 Å². The predicted octanol–water partition coefficient (Wildman–Crippen LogP) is 4.77. The first kappa shape index (κ1) is 21.4. The summed E-state index contributed by atoms with van der Waals surface area (Å²) in [7, 11) is 0. The number of rotatable bonds is 6. The van der Waals surface area contributed by atoms with Gasteiger partial charge in [-0.05, 0) is 66.1 Å². The maximum atomic E-state index is 13.3. The van der Waals surface area contributed by atoms with Crippen LogP contribution in [0.1, 0.15) is 30.2 Å². The number of carbonyl (C=O) groups is 2. The molecular weight excluding hydrogens is 432 g/mol. The van der Waals surface area contributed by atoms with E-state index in [0.717, 1.165) is 35.1 Å². The fourth-order valence-electron chi connectivity index (χ4n) is 4.33. The Hall–Kier alpha value is -3.45. The van der Waals surface area contributed by atoms with E-state index in [4.69, 9.17) is 0 Å². The normalized spacial score (nSPS) is 17.2. The monoisotopic (exact) mass is 458 g/mol. The zero-order valence-electron chi connectivity index (χ0n) is 18.5. The molecule has 2 aromatic heterocycles. The minimum absolute atomic E-state index is 0.192. The van der Waals surface area contributed by atoms with Crippen LogP contribution in [0.4, 0.5) is 11.4 Å². The van der Waals surface area contributed by atoms with Gasteiger partial charge in [0.05, 0.1) is 12.1 Å². The molecule has 1 saturated heterocycles. The fourth-order valence-corrected chi connectivity index (χ4v) is 5.09. The molecule has 2 aliphatic heterocycles. The number of piperidine rings is 1. The van der Waals surface area contributed by atoms with Crippen LogP contribution in [0.2, 0.25) is 0 Å². The van der Waals surface area contributed by atoms with Crippen molar-refractivity contribution in [3.63, 3.8) is 0 Å². The van der Waals surface area contributed by atoms with Crippen molar-refractivity contribution >= 4 is 40.1 Å². The van der Waals surface area contributed by atoms with Crippen LogP contribution in [0.25, 0.3) is 5.57 Å². The molecule has 1 N–H and O–H groups in total. The first-order valence-electron chi connectivity index (χ1n) is 11.3. The summed E-state index contributed by atoms with van der Waals surface area (Å²) in [6.07, 6.45) is 5.77. The van der Waals surface area contributed by atoms with E-state index in [1.54, 1.807) is 18.5 Å². The van der Waals surface area contributed by atoms with Crippen LogP contribution in [-0.4, -0.2) is 34.8 Å². The minimum Gasteiger partial charge on any atom is -0.372 e. The minimum atomic E-state index is -0.318. The highest BCUT2D eigenvalue weighted by Crippen LogP contribution is 2.34. The van der Waals surface area contributed by atoms with Crippen molar-refractivity contribution in [2.75, 3.05) is 23.3 Å². The summed E-state index contributed by atoms with van der Waals surface area (Å²) >= 11 is 1.45. The first-order chi connectivity index (χ1) is 16.1. The predicted molar refractivity (Wildman–Crippen MR) is 132 cm³/mol. The molecule has 1 aromatic carbocycles. The summed E-state index contributed by atoms with van der Waals surface area (Å²) in [6, 6.07) is 15.6. The maximum Gasteiger partial charge on any atom is 0.278 e. The molecule has 2 aliphatic rings. The van der Waals surface area contributed by atoms with Crippen LogP contribution in [0.3, 0.4) is 0 Å². The molecule has 0 saturated carbocycles. The number of nitrogens with zero attached hydrogens (tertiary/aromatic N) is 3. The highest BCUT2D eigenvalue weighted by atomic mass is 32.1. The number of imide groups is 1. The molecule has 5 rings (SSSR count). The van der Waals surface area contributed by atoms with Gasteiger partial charge in [-0.3, -0.25) is 19.5 Å². The molecule has 0 spiro atoms. The Labute approximate surface area is 197 Å². The van der Waals surface area contributed by atoms with Gasteiger partial charge in [0.2, 0.25) is 0 Å². The lowest BCUT2D eigenvalue weighted by atomic mass is 9.99. The van der Waals surface area contributed by atoms with Crippen molar-refractivity contribution in [2.24, 2.45) is 5.92 Å². The van der Waals surface area contributed by atoms with Crippen molar-refractivity contribution in [1.29, 1.82) is 0 Å². The second-order valence-corrected chi connectivity index (χ2v) is 9.57. The van der Waals surface area contributed by atoms with Crippen LogP contribution < -0.4 is 10.2 Å². The van der Waals surface area contributed by atoms with Gasteiger partial charge in [-0.2, -0.15) is 0 Å². The molecule has 33 heavy (non-hydrogen) atoms. The number of nitrogens with one attached hydrogen (secondary N) is 1. The van der Waals surface area contributed by atoms with Gasteiger partial charge < -0.3 is 10.2 Å². The van der Waals surface area contributed by atoms with E-state index in [9.17, 15) is 9.59 Å². The number of hydrogen-bond acceptors (Lipinski definition) is 6. The Morgan fingerprint density at radius 3 is 2.48 bits per heavy atom. The zero-order valence-corrected chi connectivity index (χ0v) is 19.3. The van der Waals surface area contributed by atoms with Gasteiger partial charge >= 0.3 is 0 Å². The van der Waals surface area contributed by atoms with Gasteiger partial charge in [-0.25, -0.2) is 0 Å². The molecule has 1 fully saturated rings. The second kappa shape index (κ2) is 9.19. The van der Waals surface area contributed by atoms with Crippen LogP contribution in [0, 0.1) is 5.92 Å². The van der Waals surface area contributed by atoms with Crippen LogP contribution in [0.15, 0.2) is 72.0 Å². The third-order valence-electron chi connectivity index (χ3n) is 6.28. The molecule has 0 radical (unpaired) electrons. The third-order valence-corrected chi connectivity index (χ3v) is 7.17. The third kappa shape index (κ3) is 4.41.